The van der Waals surface area contributed by atoms with Gasteiger partial charge in [-0.25, -0.2) is 0 Å². The van der Waals surface area contributed by atoms with Crippen LogP contribution in [0.1, 0.15) is 31.8 Å². The number of amides is 1. The van der Waals surface area contributed by atoms with Crippen molar-refractivity contribution < 1.29 is 14.4 Å². The van der Waals surface area contributed by atoms with Gasteiger partial charge >= 0.3 is 0 Å². The monoisotopic (exact) mass is 375 g/mol. The normalized spacial score (nSPS) is 16.6. The van der Waals surface area contributed by atoms with E-state index in [4.69, 9.17) is 0 Å². The van der Waals surface area contributed by atoms with E-state index in [1.165, 1.54) is 0 Å². The molecule has 0 spiro atoms. The lowest BCUT2D eigenvalue weighted by Crippen LogP contribution is -2.33. The maximum atomic E-state index is 12.8. The number of rotatable bonds is 5. The van der Waals surface area contributed by atoms with Gasteiger partial charge in [-0.05, 0) is 18.2 Å². The fourth-order valence-electron chi connectivity index (χ4n) is 3.75. The third-order valence-corrected chi connectivity index (χ3v) is 5.10. The van der Waals surface area contributed by atoms with Crippen molar-refractivity contribution in [1.29, 1.82) is 0 Å². The summed E-state index contributed by atoms with van der Waals surface area (Å²) in [5.41, 5.74) is 2.06. The van der Waals surface area contributed by atoms with Crippen molar-refractivity contribution in [3.05, 3.63) is 77.4 Å². The molecule has 0 atom stereocenters. The van der Waals surface area contributed by atoms with E-state index in [9.17, 15) is 14.4 Å². The number of hydrogen-bond acceptors (Lipinski definition) is 5. The molecule has 1 amide bonds. The van der Waals surface area contributed by atoms with Crippen LogP contribution in [0.2, 0.25) is 0 Å². The summed E-state index contributed by atoms with van der Waals surface area (Å²) in [6.07, 6.45) is 1.85. The fourth-order valence-corrected chi connectivity index (χ4v) is 3.75. The molecule has 142 valence electrons. The standard InChI is InChI=1S/C22H21N3O3/c1-2-9-24-10-11-25(14-24)13-20(26)23-15-7-8-18-19(12-15)22(28)17-6-4-3-5-16(17)21(18)27/h2-8,12H,1,9-11,13-14H2,(H,23,26). The summed E-state index contributed by atoms with van der Waals surface area (Å²) in [6.45, 7) is 7.29. The average Bonchev–Trinajstić information content (AvgIpc) is 3.13. The van der Waals surface area contributed by atoms with Crippen LogP contribution in [0.15, 0.2) is 55.1 Å². The van der Waals surface area contributed by atoms with Crippen LogP contribution < -0.4 is 5.32 Å². The molecule has 4 rings (SSSR count). The van der Waals surface area contributed by atoms with Crippen molar-refractivity contribution >= 4 is 23.2 Å². The quantitative estimate of drug-likeness (QED) is 0.692. The number of carbonyl (C=O) groups excluding carboxylic acids is 3. The molecule has 2 aromatic carbocycles. The molecule has 2 aromatic rings. The van der Waals surface area contributed by atoms with E-state index in [1.807, 2.05) is 6.08 Å². The van der Waals surface area contributed by atoms with Crippen LogP contribution in [0, 0.1) is 0 Å². The zero-order valence-electron chi connectivity index (χ0n) is 15.5. The second-order valence-corrected chi connectivity index (χ2v) is 7.07. The summed E-state index contributed by atoms with van der Waals surface area (Å²) in [7, 11) is 0. The third kappa shape index (κ3) is 3.40. The predicted molar refractivity (Wildman–Crippen MR) is 107 cm³/mol. The minimum atomic E-state index is -0.194. The van der Waals surface area contributed by atoms with Gasteiger partial charge in [0.05, 0.1) is 13.2 Å². The first-order chi connectivity index (χ1) is 13.6. The number of anilines is 1. The summed E-state index contributed by atoms with van der Waals surface area (Å²) in [4.78, 5) is 42.1. The van der Waals surface area contributed by atoms with E-state index < -0.39 is 0 Å². The van der Waals surface area contributed by atoms with Crippen LogP contribution >= 0.6 is 0 Å². The Morgan fingerprint density at radius 3 is 2.32 bits per heavy atom. The summed E-state index contributed by atoms with van der Waals surface area (Å²) in [6, 6.07) is 11.7. The first-order valence-electron chi connectivity index (χ1n) is 9.25. The molecule has 0 unspecified atom stereocenters. The summed E-state index contributed by atoms with van der Waals surface area (Å²) < 4.78 is 0. The number of hydrogen-bond donors (Lipinski definition) is 1. The van der Waals surface area contributed by atoms with Gasteiger partial charge in [-0.2, -0.15) is 0 Å². The van der Waals surface area contributed by atoms with E-state index >= 15 is 0 Å². The maximum absolute atomic E-state index is 12.8. The van der Waals surface area contributed by atoms with Crippen LogP contribution in [-0.2, 0) is 4.79 Å². The Labute approximate surface area is 163 Å². The van der Waals surface area contributed by atoms with E-state index in [2.05, 4.69) is 21.7 Å². The number of benzene rings is 2. The van der Waals surface area contributed by atoms with Gasteiger partial charge in [0.25, 0.3) is 0 Å². The molecule has 1 aliphatic heterocycles. The van der Waals surface area contributed by atoms with E-state index in [-0.39, 0.29) is 24.0 Å². The Bertz CT molecular complexity index is 983. The summed E-state index contributed by atoms with van der Waals surface area (Å²) in [5, 5.41) is 2.84. The Balaban J connectivity index is 1.47. The van der Waals surface area contributed by atoms with Crippen LogP contribution in [-0.4, -0.2) is 60.1 Å². The Morgan fingerprint density at radius 2 is 1.61 bits per heavy atom. The molecule has 2 aliphatic rings. The van der Waals surface area contributed by atoms with Crippen molar-refractivity contribution in [3.63, 3.8) is 0 Å². The van der Waals surface area contributed by atoms with Gasteiger partial charge in [0.15, 0.2) is 11.6 Å². The zero-order valence-corrected chi connectivity index (χ0v) is 15.5. The van der Waals surface area contributed by atoms with Crippen LogP contribution in [0.5, 0.6) is 0 Å². The molecular formula is C22H21N3O3. The minimum absolute atomic E-state index is 0.143. The number of fused-ring (bicyclic) bond motifs is 2. The maximum Gasteiger partial charge on any atom is 0.238 e. The average molecular weight is 375 g/mol. The highest BCUT2D eigenvalue weighted by molar-refractivity contribution is 6.28. The van der Waals surface area contributed by atoms with Gasteiger partial charge in [0.2, 0.25) is 5.91 Å². The molecule has 6 nitrogen and oxygen atoms in total. The molecule has 0 radical (unpaired) electrons. The van der Waals surface area contributed by atoms with Crippen LogP contribution in [0.25, 0.3) is 0 Å². The first kappa shape index (κ1) is 18.3. The topological polar surface area (TPSA) is 69.7 Å². The molecule has 0 bridgehead atoms. The van der Waals surface area contributed by atoms with Crippen molar-refractivity contribution in [1.82, 2.24) is 9.80 Å². The molecule has 1 fully saturated rings. The van der Waals surface area contributed by atoms with E-state index in [0.29, 0.717) is 27.9 Å². The second-order valence-electron chi connectivity index (χ2n) is 7.07. The van der Waals surface area contributed by atoms with E-state index in [1.54, 1.807) is 42.5 Å². The largest absolute Gasteiger partial charge is 0.325 e. The SMILES string of the molecule is C=CCN1CCN(CC(=O)Nc2ccc3c(c2)C(=O)c2ccccc2C3=O)C1. The highest BCUT2D eigenvalue weighted by atomic mass is 16.2. The highest BCUT2D eigenvalue weighted by Gasteiger charge is 2.29. The molecule has 6 heteroatoms. The van der Waals surface area contributed by atoms with Gasteiger partial charge in [0, 0.05) is 47.6 Å². The summed E-state index contributed by atoms with van der Waals surface area (Å²) >= 11 is 0. The van der Waals surface area contributed by atoms with Crippen molar-refractivity contribution in [3.8, 4) is 0 Å². The van der Waals surface area contributed by atoms with Gasteiger partial charge in [0.1, 0.15) is 0 Å². The van der Waals surface area contributed by atoms with Crippen LogP contribution in [0.4, 0.5) is 5.69 Å². The molecular weight excluding hydrogens is 354 g/mol. The molecule has 1 heterocycles. The lowest BCUT2D eigenvalue weighted by atomic mass is 9.84. The third-order valence-electron chi connectivity index (χ3n) is 5.10. The smallest absolute Gasteiger partial charge is 0.238 e. The van der Waals surface area contributed by atoms with E-state index in [0.717, 1.165) is 26.3 Å². The first-order valence-corrected chi connectivity index (χ1v) is 9.25. The van der Waals surface area contributed by atoms with Crippen molar-refractivity contribution in [2.75, 3.05) is 38.2 Å². The predicted octanol–water partition coefficient (Wildman–Crippen LogP) is 2.16. The van der Waals surface area contributed by atoms with Crippen molar-refractivity contribution in [2.24, 2.45) is 0 Å². The van der Waals surface area contributed by atoms with Gasteiger partial charge < -0.3 is 5.32 Å². The molecule has 0 saturated carbocycles. The fraction of sp³-hybridized carbons (Fsp3) is 0.227. The number of nitrogens with one attached hydrogen (secondary N) is 1. The number of carbonyl (C=O) groups is 3. The highest BCUT2D eigenvalue weighted by Crippen LogP contribution is 2.29. The zero-order chi connectivity index (χ0) is 19.7. The number of ketones is 2. The molecule has 1 saturated heterocycles. The number of nitrogens with zero attached hydrogens (tertiary/aromatic N) is 2. The second kappa shape index (κ2) is 7.50. The molecule has 28 heavy (non-hydrogen) atoms. The Morgan fingerprint density at radius 1 is 0.964 bits per heavy atom. The minimum Gasteiger partial charge on any atom is -0.325 e. The van der Waals surface area contributed by atoms with Crippen LogP contribution in [0.3, 0.4) is 0 Å². The molecule has 1 N–H and O–H groups in total. The van der Waals surface area contributed by atoms with Gasteiger partial charge in [-0.15, -0.1) is 6.58 Å². The Kier molecular flexibility index (Phi) is 4.90. The molecule has 1 aliphatic carbocycles. The van der Waals surface area contributed by atoms with Crippen molar-refractivity contribution in [2.45, 2.75) is 0 Å². The Hall–Kier alpha value is -3.09. The lowest BCUT2D eigenvalue weighted by Gasteiger charge is -2.19. The van der Waals surface area contributed by atoms with Gasteiger partial charge in [-0.3, -0.25) is 24.2 Å². The lowest BCUT2D eigenvalue weighted by molar-refractivity contribution is -0.117. The summed E-state index contributed by atoms with van der Waals surface area (Å²) in [5.74, 6) is -0.501. The molecule has 0 aromatic heterocycles. The van der Waals surface area contributed by atoms with Gasteiger partial charge in [-0.1, -0.05) is 30.3 Å².